The number of rotatable bonds is 8. The molecule has 6 heteroatoms. The van der Waals surface area contributed by atoms with Crippen LogP contribution in [0.3, 0.4) is 0 Å². The van der Waals surface area contributed by atoms with E-state index in [2.05, 4.69) is 11.8 Å². The highest BCUT2D eigenvalue weighted by molar-refractivity contribution is 7.88. The summed E-state index contributed by atoms with van der Waals surface area (Å²) in [7, 11) is -3.18. The fourth-order valence-corrected chi connectivity index (χ4v) is 4.69. The van der Waals surface area contributed by atoms with Crippen molar-refractivity contribution in [2.45, 2.75) is 45.4 Å². The average molecular weight is 330 g/mol. The Hall–Kier alpha value is -0.460. The second kappa shape index (κ2) is 7.88. The SMILES string of the molecule is CCC[C@H]1CN(S(C)(=O)=O)CC1C(=O)CCCN1CCCC1. The highest BCUT2D eigenvalue weighted by atomic mass is 32.2. The lowest BCUT2D eigenvalue weighted by atomic mass is 9.87. The third-order valence-corrected chi connectivity index (χ3v) is 6.28. The Balaban J connectivity index is 1.85. The van der Waals surface area contributed by atoms with E-state index in [9.17, 15) is 13.2 Å². The van der Waals surface area contributed by atoms with Crippen molar-refractivity contribution in [3.05, 3.63) is 0 Å². The summed E-state index contributed by atoms with van der Waals surface area (Å²) >= 11 is 0. The zero-order valence-electron chi connectivity index (χ0n) is 14.0. The van der Waals surface area contributed by atoms with Crippen LogP contribution in [0.1, 0.15) is 45.4 Å². The molecule has 2 saturated heterocycles. The van der Waals surface area contributed by atoms with Gasteiger partial charge in [-0.3, -0.25) is 4.79 Å². The Labute approximate surface area is 135 Å². The molecule has 2 fully saturated rings. The van der Waals surface area contributed by atoms with Gasteiger partial charge in [-0.2, -0.15) is 0 Å². The summed E-state index contributed by atoms with van der Waals surface area (Å²) in [6.45, 7) is 6.35. The van der Waals surface area contributed by atoms with E-state index in [-0.39, 0.29) is 17.6 Å². The van der Waals surface area contributed by atoms with Gasteiger partial charge in [0.05, 0.1) is 6.26 Å². The van der Waals surface area contributed by atoms with Gasteiger partial charge in [0.1, 0.15) is 5.78 Å². The monoisotopic (exact) mass is 330 g/mol. The Morgan fingerprint density at radius 1 is 1.18 bits per heavy atom. The van der Waals surface area contributed by atoms with Crippen molar-refractivity contribution in [1.29, 1.82) is 0 Å². The Morgan fingerprint density at radius 3 is 2.45 bits per heavy atom. The molecule has 0 aromatic carbocycles. The largest absolute Gasteiger partial charge is 0.303 e. The first-order chi connectivity index (χ1) is 10.4. The maximum atomic E-state index is 12.5. The van der Waals surface area contributed by atoms with Crippen LogP contribution in [0.4, 0.5) is 0 Å². The van der Waals surface area contributed by atoms with Crippen molar-refractivity contribution >= 4 is 15.8 Å². The maximum absolute atomic E-state index is 12.5. The minimum absolute atomic E-state index is 0.0896. The van der Waals surface area contributed by atoms with E-state index < -0.39 is 10.0 Å². The Bertz CT molecular complexity index is 472. The maximum Gasteiger partial charge on any atom is 0.211 e. The normalized spacial score (nSPS) is 27.5. The summed E-state index contributed by atoms with van der Waals surface area (Å²) in [5, 5.41) is 0. The number of likely N-dealkylation sites (tertiary alicyclic amines) is 1. The van der Waals surface area contributed by atoms with Gasteiger partial charge in [0, 0.05) is 25.4 Å². The van der Waals surface area contributed by atoms with Crippen molar-refractivity contribution in [2.75, 3.05) is 39.0 Å². The zero-order chi connectivity index (χ0) is 16.2. The van der Waals surface area contributed by atoms with E-state index in [1.165, 1.54) is 23.4 Å². The zero-order valence-corrected chi connectivity index (χ0v) is 14.8. The highest BCUT2D eigenvalue weighted by Gasteiger charge is 2.39. The molecule has 0 saturated carbocycles. The van der Waals surface area contributed by atoms with Gasteiger partial charge in [-0.1, -0.05) is 13.3 Å². The summed E-state index contributed by atoms with van der Waals surface area (Å²) < 4.78 is 25.0. The van der Waals surface area contributed by atoms with Gasteiger partial charge >= 0.3 is 0 Å². The molecule has 0 bridgehead atoms. The molecule has 0 aromatic rings. The van der Waals surface area contributed by atoms with Crippen molar-refractivity contribution in [3.8, 4) is 0 Å². The van der Waals surface area contributed by atoms with E-state index in [1.54, 1.807) is 0 Å². The van der Waals surface area contributed by atoms with Crippen LogP contribution in [-0.2, 0) is 14.8 Å². The molecule has 128 valence electrons. The summed E-state index contributed by atoms with van der Waals surface area (Å²) in [6.07, 6.45) is 7.24. The van der Waals surface area contributed by atoms with Crippen LogP contribution < -0.4 is 0 Å². The summed E-state index contributed by atoms with van der Waals surface area (Å²) in [6, 6.07) is 0. The number of nitrogens with zero attached hydrogens (tertiary/aromatic N) is 2. The molecule has 0 aliphatic carbocycles. The number of hydrogen-bond donors (Lipinski definition) is 0. The first kappa shape index (κ1) is 17.9. The topological polar surface area (TPSA) is 57.7 Å². The van der Waals surface area contributed by atoms with Gasteiger partial charge in [0.15, 0.2) is 0 Å². The van der Waals surface area contributed by atoms with Gasteiger partial charge in [-0.25, -0.2) is 12.7 Å². The molecule has 2 rings (SSSR count). The number of carbonyl (C=O) groups excluding carboxylic acids is 1. The quantitative estimate of drug-likeness (QED) is 0.680. The van der Waals surface area contributed by atoms with E-state index in [0.29, 0.717) is 19.5 Å². The molecule has 0 aromatic heterocycles. The number of ketones is 1. The van der Waals surface area contributed by atoms with Crippen molar-refractivity contribution in [3.63, 3.8) is 0 Å². The molecular formula is C16H30N2O3S. The molecule has 0 radical (unpaired) electrons. The number of sulfonamides is 1. The van der Waals surface area contributed by atoms with Crippen molar-refractivity contribution in [1.82, 2.24) is 9.21 Å². The average Bonchev–Trinajstić information content (AvgIpc) is 3.07. The second-order valence-electron chi connectivity index (χ2n) is 6.85. The Morgan fingerprint density at radius 2 is 1.86 bits per heavy atom. The van der Waals surface area contributed by atoms with Crippen LogP contribution in [0.2, 0.25) is 0 Å². The third-order valence-electron chi connectivity index (χ3n) is 5.05. The van der Waals surface area contributed by atoms with Crippen LogP contribution in [0, 0.1) is 11.8 Å². The predicted molar refractivity (Wildman–Crippen MR) is 88.2 cm³/mol. The Kier molecular flexibility index (Phi) is 6.41. The lowest BCUT2D eigenvalue weighted by molar-refractivity contribution is -0.123. The van der Waals surface area contributed by atoms with Crippen LogP contribution in [-0.4, -0.2) is 62.4 Å². The standard InChI is InChI=1S/C16H30N2O3S/c1-3-7-14-12-18(22(2,20)21)13-15(14)16(19)8-6-11-17-9-4-5-10-17/h14-15H,3-13H2,1-2H3/t14-,15?/m0/s1. The van der Waals surface area contributed by atoms with Crippen molar-refractivity contribution < 1.29 is 13.2 Å². The van der Waals surface area contributed by atoms with Crippen LogP contribution >= 0.6 is 0 Å². The minimum Gasteiger partial charge on any atom is -0.303 e. The van der Waals surface area contributed by atoms with Crippen LogP contribution in [0.15, 0.2) is 0 Å². The molecule has 2 aliphatic heterocycles. The van der Waals surface area contributed by atoms with Gasteiger partial charge in [-0.15, -0.1) is 0 Å². The minimum atomic E-state index is -3.18. The van der Waals surface area contributed by atoms with Gasteiger partial charge < -0.3 is 4.90 Å². The van der Waals surface area contributed by atoms with Gasteiger partial charge in [-0.05, 0) is 51.2 Å². The molecule has 22 heavy (non-hydrogen) atoms. The molecule has 2 atom stereocenters. The first-order valence-corrected chi connectivity index (χ1v) is 10.5. The van der Waals surface area contributed by atoms with Crippen molar-refractivity contribution in [2.24, 2.45) is 11.8 Å². The molecule has 1 unspecified atom stereocenters. The smallest absolute Gasteiger partial charge is 0.211 e. The van der Waals surface area contributed by atoms with E-state index in [0.717, 1.165) is 38.9 Å². The highest BCUT2D eigenvalue weighted by Crippen LogP contribution is 2.30. The summed E-state index contributed by atoms with van der Waals surface area (Å²) in [5.41, 5.74) is 0. The summed E-state index contributed by atoms with van der Waals surface area (Å²) in [4.78, 5) is 15.0. The first-order valence-electron chi connectivity index (χ1n) is 8.62. The van der Waals surface area contributed by atoms with Crippen LogP contribution in [0.5, 0.6) is 0 Å². The molecule has 0 spiro atoms. The van der Waals surface area contributed by atoms with E-state index >= 15 is 0 Å². The second-order valence-corrected chi connectivity index (χ2v) is 8.84. The third kappa shape index (κ3) is 4.77. The summed E-state index contributed by atoms with van der Waals surface area (Å²) in [5.74, 6) is 0.385. The number of carbonyl (C=O) groups is 1. The van der Waals surface area contributed by atoms with E-state index in [1.807, 2.05) is 0 Å². The number of hydrogen-bond acceptors (Lipinski definition) is 4. The molecule has 0 amide bonds. The van der Waals surface area contributed by atoms with Crippen LogP contribution in [0.25, 0.3) is 0 Å². The molecule has 5 nitrogen and oxygen atoms in total. The van der Waals surface area contributed by atoms with E-state index in [4.69, 9.17) is 0 Å². The van der Waals surface area contributed by atoms with Gasteiger partial charge in [0.25, 0.3) is 0 Å². The fourth-order valence-electron chi connectivity index (χ4n) is 3.80. The predicted octanol–water partition coefficient (Wildman–Crippen LogP) is 1.74. The molecular weight excluding hydrogens is 300 g/mol. The molecule has 0 N–H and O–H groups in total. The lowest BCUT2D eigenvalue weighted by Gasteiger charge is -2.18. The lowest BCUT2D eigenvalue weighted by Crippen LogP contribution is -2.29. The molecule has 2 aliphatic rings. The van der Waals surface area contributed by atoms with Gasteiger partial charge in [0.2, 0.25) is 10.0 Å². The fraction of sp³-hybridized carbons (Fsp3) is 0.938. The number of Topliss-reactive ketones (excluding diaryl/α,β-unsaturated/α-hetero) is 1. The molecule has 2 heterocycles.